The fraction of sp³-hybridized carbons (Fsp3) is 0.462. The minimum absolute atomic E-state index is 0.0199. The van der Waals surface area contributed by atoms with Crippen LogP contribution in [0.3, 0.4) is 0 Å². The minimum atomic E-state index is -4.32. The number of carbonyl (C=O) groups excluding carboxylic acids is 1. The average molecular weight is 354 g/mol. The van der Waals surface area contributed by atoms with E-state index >= 15 is 0 Å². The van der Waals surface area contributed by atoms with Crippen molar-refractivity contribution in [2.75, 3.05) is 6.54 Å². The number of rotatable bonds is 4. The summed E-state index contributed by atoms with van der Waals surface area (Å²) in [4.78, 5) is 11.2. The molecule has 0 radical (unpaired) electrons. The van der Waals surface area contributed by atoms with Crippen LogP contribution in [-0.2, 0) is 9.05 Å². The Morgan fingerprint density at radius 2 is 2.05 bits per heavy atom. The zero-order chi connectivity index (χ0) is 15.8. The van der Waals surface area contributed by atoms with Crippen LogP contribution in [0.4, 0.5) is 4.39 Å². The highest BCUT2D eigenvalue weighted by atomic mass is 35.7. The van der Waals surface area contributed by atoms with Gasteiger partial charge in [-0.05, 0) is 30.4 Å². The fourth-order valence-corrected chi connectivity index (χ4v) is 3.46. The smallest absolute Gasteiger partial charge is 0.264 e. The second-order valence-corrected chi connectivity index (χ2v) is 8.52. The molecule has 0 atom stereocenters. The van der Waals surface area contributed by atoms with Crippen molar-refractivity contribution in [2.45, 2.75) is 31.1 Å². The van der Waals surface area contributed by atoms with Gasteiger partial charge in [0.2, 0.25) is 0 Å². The second-order valence-electron chi connectivity index (χ2n) is 5.55. The summed E-state index contributed by atoms with van der Waals surface area (Å²) in [7, 11) is 0.820. The van der Waals surface area contributed by atoms with E-state index in [-0.39, 0.29) is 10.4 Å². The first-order chi connectivity index (χ1) is 9.62. The average Bonchev–Trinajstić information content (AvgIpc) is 2.34. The van der Waals surface area contributed by atoms with Gasteiger partial charge in [-0.1, -0.05) is 24.9 Å². The Bertz CT molecular complexity index is 687. The summed E-state index contributed by atoms with van der Waals surface area (Å²) < 4.78 is 36.7. The molecule has 1 fully saturated rings. The number of halogens is 3. The Labute approximate surface area is 132 Å². The minimum Gasteiger partial charge on any atom is -0.351 e. The van der Waals surface area contributed by atoms with Crippen LogP contribution in [0.15, 0.2) is 17.0 Å². The van der Waals surface area contributed by atoms with Crippen molar-refractivity contribution in [2.24, 2.45) is 5.41 Å². The van der Waals surface area contributed by atoms with Crippen LogP contribution in [0.1, 0.15) is 36.5 Å². The third-order valence-corrected chi connectivity index (χ3v) is 5.29. The number of hydrogen-bond donors (Lipinski definition) is 1. The molecule has 4 nitrogen and oxygen atoms in total. The van der Waals surface area contributed by atoms with Gasteiger partial charge in [0.1, 0.15) is 4.90 Å². The molecule has 1 aromatic carbocycles. The van der Waals surface area contributed by atoms with Crippen LogP contribution in [0.5, 0.6) is 0 Å². The summed E-state index contributed by atoms with van der Waals surface area (Å²) in [5.74, 6) is -1.89. The maximum Gasteiger partial charge on any atom is 0.264 e. The monoisotopic (exact) mass is 353 g/mol. The van der Waals surface area contributed by atoms with Crippen LogP contribution in [0.25, 0.3) is 0 Å². The number of amides is 1. The third kappa shape index (κ3) is 3.67. The Kier molecular flexibility index (Phi) is 4.52. The van der Waals surface area contributed by atoms with E-state index in [2.05, 4.69) is 5.32 Å². The maximum absolute atomic E-state index is 14.1. The molecule has 0 bridgehead atoms. The molecule has 1 aromatic rings. The SMILES string of the molecule is CC1(CNC(=O)c2cc(Cl)cc(S(=O)(=O)Cl)c2F)CCC1. The maximum atomic E-state index is 14.1. The van der Waals surface area contributed by atoms with E-state index in [0.29, 0.717) is 6.54 Å². The van der Waals surface area contributed by atoms with Crippen LogP contribution in [-0.4, -0.2) is 20.9 Å². The van der Waals surface area contributed by atoms with Crippen molar-refractivity contribution >= 4 is 37.2 Å². The van der Waals surface area contributed by atoms with E-state index in [1.807, 2.05) is 6.92 Å². The molecule has 0 aliphatic heterocycles. The van der Waals surface area contributed by atoms with E-state index in [1.54, 1.807) is 0 Å². The van der Waals surface area contributed by atoms with E-state index in [0.717, 1.165) is 31.4 Å². The van der Waals surface area contributed by atoms with Gasteiger partial charge in [-0.3, -0.25) is 4.79 Å². The lowest BCUT2D eigenvalue weighted by Gasteiger charge is -2.38. The Balaban J connectivity index is 2.26. The molecule has 0 aromatic heterocycles. The predicted molar refractivity (Wildman–Crippen MR) is 78.7 cm³/mol. The van der Waals surface area contributed by atoms with Crippen molar-refractivity contribution in [1.29, 1.82) is 0 Å². The fourth-order valence-electron chi connectivity index (χ4n) is 2.25. The van der Waals surface area contributed by atoms with Crippen LogP contribution in [0.2, 0.25) is 5.02 Å². The standard InChI is InChI=1S/C13H14Cl2FNO3S/c1-13(3-2-4-13)7-17-12(18)9-5-8(14)6-10(11(9)16)21(15,19)20/h5-6H,2-4,7H2,1H3,(H,17,18). The molecule has 8 heteroatoms. The lowest BCUT2D eigenvalue weighted by Crippen LogP contribution is -2.40. The van der Waals surface area contributed by atoms with Gasteiger partial charge in [0.15, 0.2) is 5.82 Å². The molecule has 1 amide bonds. The Morgan fingerprint density at radius 1 is 1.43 bits per heavy atom. The van der Waals surface area contributed by atoms with E-state index in [9.17, 15) is 17.6 Å². The third-order valence-electron chi connectivity index (χ3n) is 3.75. The van der Waals surface area contributed by atoms with Gasteiger partial charge in [0, 0.05) is 22.2 Å². The molecule has 1 aliphatic rings. The normalized spacial score (nSPS) is 17.1. The summed E-state index contributed by atoms with van der Waals surface area (Å²) in [5, 5.41) is 2.54. The van der Waals surface area contributed by atoms with Crippen molar-refractivity contribution in [3.05, 3.63) is 28.5 Å². The Morgan fingerprint density at radius 3 is 2.52 bits per heavy atom. The highest BCUT2D eigenvalue weighted by Crippen LogP contribution is 2.39. The highest BCUT2D eigenvalue weighted by Gasteiger charge is 2.32. The number of benzene rings is 1. The lowest BCUT2D eigenvalue weighted by atomic mass is 9.70. The molecule has 0 saturated heterocycles. The van der Waals surface area contributed by atoms with E-state index in [4.69, 9.17) is 22.3 Å². The molecule has 21 heavy (non-hydrogen) atoms. The number of nitrogens with one attached hydrogen (secondary N) is 1. The van der Waals surface area contributed by atoms with Crippen molar-refractivity contribution in [3.8, 4) is 0 Å². The largest absolute Gasteiger partial charge is 0.351 e. The quantitative estimate of drug-likeness (QED) is 0.844. The number of hydrogen-bond acceptors (Lipinski definition) is 3. The van der Waals surface area contributed by atoms with Gasteiger partial charge in [-0.2, -0.15) is 0 Å². The molecule has 0 spiro atoms. The van der Waals surface area contributed by atoms with E-state index in [1.165, 1.54) is 0 Å². The molecular formula is C13H14Cl2FNO3S. The van der Waals surface area contributed by atoms with E-state index < -0.39 is 31.2 Å². The van der Waals surface area contributed by atoms with Crippen LogP contribution >= 0.6 is 22.3 Å². The van der Waals surface area contributed by atoms with Gasteiger partial charge in [-0.25, -0.2) is 12.8 Å². The first-order valence-electron chi connectivity index (χ1n) is 6.34. The van der Waals surface area contributed by atoms with Gasteiger partial charge in [-0.15, -0.1) is 0 Å². The van der Waals surface area contributed by atoms with Gasteiger partial charge in [0.25, 0.3) is 15.0 Å². The molecule has 1 aliphatic carbocycles. The molecule has 116 valence electrons. The molecule has 0 heterocycles. The summed E-state index contributed by atoms with van der Waals surface area (Å²) >= 11 is 5.73. The highest BCUT2D eigenvalue weighted by molar-refractivity contribution is 8.13. The zero-order valence-electron chi connectivity index (χ0n) is 11.3. The topological polar surface area (TPSA) is 63.2 Å². The molecule has 2 rings (SSSR count). The van der Waals surface area contributed by atoms with Crippen molar-refractivity contribution in [1.82, 2.24) is 5.32 Å². The van der Waals surface area contributed by atoms with Crippen LogP contribution in [0, 0.1) is 11.2 Å². The summed E-state index contributed by atoms with van der Waals surface area (Å²) in [5.41, 5.74) is -0.406. The molecule has 1 N–H and O–H groups in total. The molecule has 0 unspecified atom stereocenters. The first-order valence-corrected chi connectivity index (χ1v) is 9.03. The second kappa shape index (κ2) is 5.74. The molecule has 1 saturated carbocycles. The van der Waals surface area contributed by atoms with Crippen LogP contribution < -0.4 is 5.32 Å². The van der Waals surface area contributed by atoms with Gasteiger partial charge >= 0.3 is 0 Å². The zero-order valence-corrected chi connectivity index (χ0v) is 13.6. The van der Waals surface area contributed by atoms with Crippen molar-refractivity contribution in [3.63, 3.8) is 0 Å². The van der Waals surface area contributed by atoms with Crippen molar-refractivity contribution < 1.29 is 17.6 Å². The Hall–Kier alpha value is -0.850. The van der Waals surface area contributed by atoms with Gasteiger partial charge < -0.3 is 5.32 Å². The van der Waals surface area contributed by atoms with Gasteiger partial charge in [0.05, 0.1) is 5.56 Å². The summed E-state index contributed by atoms with van der Waals surface area (Å²) in [6.45, 7) is 2.43. The first kappa shape index (κ1) is 16.5. The number of carbonyl (C=O) groups is 1. The predicted octanol–water partition coefficient (Wildman–Crippen LogP) is 3.33. The summed E-state index contributed by atoms with van der Waals surface area (Å²) in [6, 6.07) is 1.96. The summed E-state index contributed by atoms with van der Waals surface area (Å²) in [6.07, 6.45) is 3.09. The molecular weight excluding hydrogens is 340 g/mol. The lowest BCUT2D eigenvalue weighted by molar-refractivity contribution is 0.0886.